The average Bonchev–Trinajstić information content (AvgIpc) is 3.81. The molecular weight excluding hydrogens is 588 g/mol. The molecule has 2 aromatic rings. The van der Waals surface area contributed by atoms with Gasteiger partial charge >= 0.3 is 0 Å². The Hall–Kier alpha value is -4.41. The van der Waals surface area contributed by atoms with Crippen LogP contribution in [0.4, 0.5) is 0 Å². The first kappa shape index (κ1) is 31.6. The molecule has 2 aromatic carbocycles. The molecule has 6 rings (SSSR count). The number of carbonyl (C=O) groups is 5. The van der Waals surface area contributed by atoms with Crippen molar-refractivity contribution in [1.29, 1.82) is 0 Å². The fraction of sp³-hybridized carbons (Fsp3) is 0.514. The van der Waals surface area contributed by atoms with E-state index in [0.717, 1.165) is 29.7 Å². The number of nitrogens with one attached hydrogen (secondary N) is 3. The summed E-state index contributed by atoms with van der Waals surface area (Å²) in [6, 6.07) is 13.2. The number of carbonyl (C=O) groups excluding carboxylic acids is 5. The van der Waals surface area contributed by atoms with E-state index < -0.39 is 35.6 Å². The highest BCUT2D eigenvalue weighted by molar-refractivity contribution is 6.38. The van der Waals surface area contributed by atoms with Crippen molar-refractivity contribution in [3.05, 3.63) is 48.5 Å². The van der Waals surface area contributed by atoms with Gasteiger partial charge in [-0.3, -0.25) is 24.0 Å². The van der Waals surface area contributed by atoms with E-state index >= 15 is 0 Å². The molecule has 2 aliphatic heterocycles. The van der Waals surface area contributed by atoms with E-state index in [2.05, 4.69) is 29.8 Å². The maximum Gasteiger partial charge on any atom is 0.289 e. The van der Waals surface area contributed by atoms with Gasteiger partial charge in [-0.15, -0.1) is 0 Å². The lowest BCUT2D eigenvalue weighted by Crippen LogP contribution is -2.56. The van der Waals surface area contributed by atoms with Crippen molar-refractivity contribution in [3.8, 4) is 22.6 Å². The fourth-order valence-electron chi connectivity index (χ4n) is 7.01. The Morgan fingerprint density at radius 3 is 2.15 bits per heavy atom. The Morgan fingerprint density at radius 2 is 1.59 bits per heavy atom. The molecular formula is C35H42N4O7. The Morgan fingerprint density at radius 1 is 0.957 bits per heavy atom. The van der Waals surface area contributed by atoms with E-state index in [4.69, 9.17) is 9.47 Å². The molecule has 46 heavy (non-hydrogen) atoms. The van der Waals surface area contributed by atoms with Crippen molar-refractivity contribution in [2.75, 3.05) is 26.3 Å². The van der Waals surface area contributed by atoms with Crippen LogP contribution in [0.5, 0.6) is 11.5 Å². The van der Waals surface area contributed by atoms with Crippen molar-refractivity contribution >= 4 is 29.4 Å². The van der Waals surface area contributed by atoms with E-state index in [1.807, 2.05) is 43.3 Å². The van der Waals surface area contributed by atoms with Crippen LogP contribution in [0.25, 0.3) is 11.1 Å². The molecule has 2 saturated carbocycles. The Bertz CT molecular complexity index is 1500. The molecule has 2 heterocycles. The van der Waals surface area contributed by atoms with Gasteiger partial charge in [-0.2, -0.15) is 0 Å². The highest BCUT2D eigenvalue weighted by Crippen LogP contribution is 2.64. The first-order valence-corrected chi connectivity index (χ1v) is 16.2. The van der Waals surface area contributed by atoms with Crippen LogP contribution in [0.1, 0.15) is 46.5 Å². The minimum atomic E-state index is -1.16. The Balaban J connectivity index is 1.11. The van der Waals surface area contributed by atoms with Crippen LogP contribution in [-0.4, -0.2) is 78.7 Å². The van der Waals surface area contributed by atoms with E-state index in [1.165, 1.54) is 4.90 Å². The quantitative estimate of drug-likeness (QED) is 0.289. The van der Waals surface area contributed by atoms with Crippen LogP contribution in [0.15, 0.2) is 48.5 Å². The van der Waals surface area contributed by atoms with Gasteiger partial charge in [0.05, 0.1) is 12.6 Å². The summed E-state index contributed by atoms with van der Waals surface area (Å²) in [4.78, 5) is 67.2. The number of ether oxygens (including phenoxy) is 2. The highest BCUT2D eigenvalue weighted by atomic mass is 16.5. The lowest BCUT2D eigenvalue weighted by Gasteiger charge is -2.31. The zero-order valence-electron chi connectivity index (χ0n) is 26.5. The van der Waals surface area contributed by atoms with Crippen LogP contribution >= 0.6 is 0 Å². The molecule has 4 amide bonds. The minimum absolute atomic E-state index is 0.0260. The number of Topliss-reactive ketones (excluding diaryl/α,β-unsaturated/α-hetero) is 1. The zero-order chi connectivity index (χ0) is 32.6. The summed E-state index contributed by atoms with van der Waals surface area (Å²) in [5, 5.41) is 8.24. The molecule has 5 atom stereocenters. The molecule has 4 aliphatic rings. The average molecular weight is 631 g/mol. The predicted molar refractivity (Wildman–Crippen MR) is 169 cm³/mol. The normalized spacial score (nSPS) is 24.8. The van der Waals surface area contributed by atoms with Gasteiger partial charge in [-0.25, -0.2) is 0 Å². The molecule has 0 radical (unpaired) electrons. The van der Waals surface area contributed by atoms with Gasteiger partial charge in [-0.05, 0) is 85.3 Å². The van der Waals surface area contributed by atoms with Gasteiger partial charge in [0.2, 0.25) is 17.6 Å². The molecule has 2 aliphatic carbocycles. The third-order valence-electron chi connectivity index (χ3n) is 9.97. The molecule has 2 saturated heterocycles. The van der Waals surface area contributed by atoms with Crippen LogP contribution in [0.2, 0.25) is 0 Å². The topological polar surface area (TPSA) is 143 Å². The Kier molecular flexibility index (Phi) is 8.76. The summed E-state index contributed by atoms with van der Waals surface area (Å²) < 4.78 is 11.4. The van der Waals surface area contributed by atoms with E-state index in [1.54, 1.807) is 12.1 Å². The van der Waals surface area contributed by atoms with Gasteiger partial charge in [0.1, 0.15) is 17.5 Å². The molecule has 11 nitrogen and oxygen atoms in total. The van der Waals surface area contributed by atoms with E-state index in [-0.39, 0.29) is 48.1 Å². The molecule has 3 N–H and O–H groups in total. The van der Waals surface area contributed by atoms with Gasteiger partial charge in [-0.1, -0.05) is 38.1 Å². The summed E-state index contributed by atoms with van der Waals surface area (Å²) in [7, 11) is 0. The molecule has 0 spiro atoms. The molecule has 244 valence electrons. The number of nitrogens with zero attached hydrogens (tertiary/aromatic N) is 1. The summed E-state index contributed by atoms with van der Waals surface area (Å²) in [6.07, 6.45) is 2.18. The number of benzene rings is 2. The number of hydrogen-bond acceptors (Lipinski definition) is 7. The van der Waals surface area contributed by atoms with E-state index in [9.17, 15) is 24.0 Å². The van der Waals surface area contributed by atoms with Gasteiger partial charge in [0.25, 0.3) is 11.8 Å². The van der Waals surface area contributed by atoms with Crippen LogP contribution < -0.4 is 25.4 Å². The molecule has 0 aromatic heterocycles. The first-order valence-electron chi connectivity index (χ1n) is 16.2. The number of rotatable bonds is 13. The predicted octanol–water partition coefficient (Wildman–Crippen LogP) is 2.47. The maximum atomic E-state index is 13.9. The number of piperidine rings is 1. The highest BCUT2D eigenvalue weighted by Gasteiger charge is 2.69. The summed E-state index contributed by atoms with van der Waals surface area (Å²) in [5.74, 6) is -1.63. The van der Waals surface area contributed by atoms with E-state index in [0.29, 0.717) is 31.9 Å². The first-order chi connectivity index (χ1) is 22.1. The van der Waals surface area contributed by atoms with Gasteiger partial charge < -0.3 is 30.3 Å². The zero-order valence-corrected chi connectivity index (χ0v) is 26.5. The van der Waals surface area contributed by atoms with Crippen LogP contribution in [0, 0.1) is 23.2 Å². The number of ketones is 1. The second-order valence-corrected chi connectivity index (χ2v) is 13.4. The monoisotopic (exact) mass is 630 g/mol. The standard InChI is InChI=1S/C35H42N4O7/c1-4-45-24-11-5-20(6-12-24)21-7-13-25(14-8-21)46-19-28(40)39-18-26-29(35(26,2)3)30(39)33(43)38-27(17-22-15-16-36-32(22)42)31(41)34(44)37-23-9-10-23/h5-8,11-14,22-23,26-27,29-30H,4,9-10,15-19H2,1-3H3,(H,36,42)(H,37,44)(H,38,43)/t22-,26-,27-,29-,30-/m0/s1. The third-order valence-corrected chi connectivity index (χ3v) is 9.97. The number of hydrogen-bond donors (Lipinski definition) is 3. The summed E-state index contributed by atoms with van der Waals surface area (Å²) in [6.45, 7) is 7.32. The summed E-state index contributed by atoms with van der Waals surface area (Å²) in [5.41, 5.74) is 1.87. The number of amides is 4. The minimum Gasteiger partial charge on any atom is -0.494 e. The third kappa shape index (κ3) is 6.59. The lowest BCUT2D eigenvalue weighted by atomic mass is 9.94. The van der Waals surface area contributed by atoms with Gasteiger partial charge in [0, 0.05) is 25.0 Å². The SMILES string of the molecule is CCOc1ccc(-c2ccc(OCC(=O)N3C[C@H]4[C@@H]([C@H]3C(=O)N[C@@H](C[C@@H]3CCNC3=O)C(=O)C(=O)NC3CC3)C4(C)C)cc2)cc1. The van der Waals surface area contributed by atoms with Crippen molar-refractivity contribution in [1.82, 2.24) is 20.9 Å². The van der Waals surface area contributed by atoms with Crippen molar-refractivity contribution in [2.45, 2.75) is 64.6 Å². The number of fused-ring (bicyclic) bond motifs is 1. The molecule has 0 unspecified atom stereocenters. The maximum absolute atomic E-state index is 13.9. The lowest BCUT2D eigenvalue weighted by molar-refractivity contribution is -0.144. The molecule has 0 bridgehead atoms. The second-order valence-electron chi connectivity index (χ2n) is 13.4. The fourth-order valence-corrected chi connectivity index (χ4v) is 7.01. The van der Waals surface area contributed by atoms with Crippen LogP contribution in [0.3, 0.4) is 0 Å². The number of likely N-dealkylation sites (tertiary alicyclic amines) is 1. The summed E-state index contributed by atoms with van der Waals surface area (Å²) >= 11 is 0. The molecule has 4 fully saturated rings. The van der Waals surface area contributed by atoms with Crippen molar-refractivity contribution in [3.63, 3.8) is 0 Å². The van der Waals surface area contributed by atoms with Gasteiger partial charge in [0.15, 0.2) is 6.61 Å². The largest absolute Gasteiger partial charge is 0.494 e. The van der Waals surface area contributed by atoms with Crippen LogP contribution in [-0.2, 0) is 24.0 Å². The second kappa shape index (κ2) is 12.8. The smallest absolute Gasteiger partial charge is 0.289 e. The van der Waals surface area contributed by atoms with Crippen molar-refractivity contribution < 1.29 is 33.4 Å². The Labute approximate surface area is 268 Å². The molecule has 11 heteroatoms. The van der Waals surface area contributed by atoms with Crippen molar-refractivity contribution in [2.24, 2.45) is 23.2 Å².